The molecule has 3 aromatic carbocycles. The van der Waals surface area contributed by atoms with Crippen molar-refractivity contribution in [3.63, 3.8) is 0 Å². The summed E-state index contributed by atoms with van der Waals surface area (Å²) in [6.45, 7) is 3.65. The summed E-state index contributed by atoms with van der Waals surface area (Å²) in [6, 6.07) is 15.7. The molecule has 0 aliphatic carbocycles. The van der Waals surface area contributed by atoms with Gasteiger partial charge in [0.05, 0.1) is 18.2 Å². The molecule has 0 atom stereocenters. The van der Waals surface area contributed by atoms with Gasteiger partial charge in [-0.25, -0.2) is 8.78 Å². The maximum Gasteiger partial charge on any atom is 0.142 e. The molecular formula is C25H18F2O. The zero-order valence-corrected chi connectivity index (χ0v) is 15.9. The number of rotatable bonds is 1. The van der Waals surface area contributed by atoms with Gasteiger partial charge in [-0.15, -0.1) is 0 Å². The lowest BCUT2D eigenvalue weighted by Crippen LogP contribution is -1.92. The molecule has 138 valence electrons. The Labute approximate surface area is 164 Å². The lowest BCUT2D eigenvalue weighted by molar-refractivity contribution is 0.413. The van der Waals surface area contributed by atoms with E-state index in [-0.39, 0.29) is 5.56 Å². The Morgan fingerprint density at radius 3 is 1.93 bits per heavy atom. The molecule has 3 heteroatoms. The van der Waals surface area contributed by atoms with Crippen molar-refractivity contribution in [1.82, 2.24) is 0 Å². The second-order valence-electron chi connectivity index (χ2n) is 6.38. The van der Waals surface area contributed by atoms with Crippen molar-refractivity contribution >= 4 is 0 Å². The van der Waals surface area contributed by atoms with E-state index in [0.29, 0.717) is 22.4 Å². The average Bonchev–Trinajstić information content (AvgIpc) is 2.67. The summed E-state index contributed by atoms with van der Waals surface area (Å²) in [6.07, 6.45) is 0. The molecule has 1 nitrogen and oxygen atoms in total. The zero-order chi connectivity index (χ0) is 20.1. The third-order valence-electron chi connectivity index (χ3n) is 4.11. The maximum absolute atomic E-state index is 13.9. The van der Waals surface area contributed by atoms with Gasteiger partial charge in [-0.1, -0.05) is 41.4 Å². The van der Waals surface area contributed by atoms with Gasteiger partial charge < -0.3 is 4.74 Å². The van der Waals surface area contributed by atoms with Crippen LogP contribution in [0.4, 0.5) is 8.78 Å². The topological polar surface area (TPSA) is 9.23 Å². The Morgan fingerprint density at radius 2 is 1.29 bits per heavy atom. The Hall–Kier alpha value is -3.56. The molecular weight excluding hydrogens is 354 g/mol. The summed E-state index contributed by atoms with van der Waals surface area (Å²) in [5.74, 6) is 10.7. The van der Waals surface area contributed by atoms with E-state index in [0.717, 1.165) is 5.56 Å². The van der Waals surface area contributed by atoms with Crippen LogP contribution < -0.4 is 4.74 Å². The van der Waals surface area contributed by atoms with Gasteiger partial charge in [0.1, 0.15) is 17.4 Å². The first-order chi connectivity index (χ1) is 13.5. The predicted molar refractivity (Wildman–Crippen MR) is 107 cm³/mol. The van der Waals surface area contributed by atoms with Crippen LogP contribution in [0.25, 0.3) is 0 Å². The minimum Gasteiger partial charge on any atom is -0.495 e. The van der Waals surface area contributed by atoms with Gasteiger partial charge in [-0.05, 0) is 61.9 Å². The van der Waals surface area contributed by atoms with E-state index in [4.69, 9.17) is 4.74 Å². The van der Waals surface area contributed by atoms with Crippen LogP contribution in [0.2, 0.25) is 0 Å². The molecule has 0 aliphatic heterocycles. The smallest absolute Gasteiger partial charge is 0.142 e. The number of halogens is 2. The van der Waals surface area contributed by atoms with Gasteiger partial charge in [0.25, 0.3) is 0 Å². The molecule has 0 saturated carbocycles. The highest BCUT2D eigenvalue weighted by Gasteiger charge is 2.07. The Morgan fingerprint density at radius 1 is 0.679 bits per heavy atom. The van der Waals surface area contributed by atoms with E-state index in [1.165, 1.54) is 17.7 Å². The number of aryl methyl sites for hydroxylation is 2. The molecule has 0 fully saturated rings. The fourth-order valence-corrected chi connectivity index (χ4v) is 2.60. The van der Waals surface area contributed by atoms with Gasteiger partial charge in [0.15, 0.2) is 0 Å². The minimum atomic E-state index is -0.669. The molecule has 0 aromatic heterocycles. The first-order valence-electron chi connectivity index (χ1n) is 8.70. The SMILES string of the molecule is COc1cc(C#Cc2c(F)cc(C)cc2F)ccc1C#Cc1ccc(C)cc1. The molecule has 0 heterocycles. The van der Waals surface area contributed by atoms with E-state index >= 15 is 0 Å². The summed E-state index contributed by atoms with van der Waals surface area (Å²) < 4.78 is 33.2. The quantitative estimate of drug-likeness (QED) is 0.521. The number of methoxy groups -OCH3 is 1. The van der Waals surface area contributed by atoms with E-state index < -0.39 is 11.6 Å². The molecule has 0 unspecified atom stereocenters. The van der Waals surface area contributed by atoms with Crippen molar-refractivity contribution in [2.75, 3.05) is 7.11 Å². The van der Waals surface area contributed by atoms with Crippen LogP contribution in [0.3, 0.4) is 0 Å². The third-order valence-corrected chi connectivity index (χ3v) is 4.11. The van der Waals surface area contributed by atoms with Crippen LogP contribution in [0.5, 0.6) is 5.75 Å². The van der Waals surface area contributed by atoms with Crippen molar-refractivity contribution in [2.45, 2.75) is 13.8 Å². The van der Waals surface area contributed by atoms with Crippen LogP contribution in [0.1, 0.15) is 33.4 Å². The molecule has 0 radical (unpaired) electrons. The van der Waals surface area contributed by atoms with Crippen LogP contribution in [0.15, 0.2) is 54.6 Å². The Balaban J connectivity index is 1.90. The van der Waals surface area contributed by atoms with Crippen LogP contribution in [0, 0.1) is 49.2 Å². The lowest BCUT2D eigenvalue weighted by atomic mass is 10.1. The fourth-order valence-electron chi connectivity index (χ4n) is 2.60. The van der Waals surface area contributed by atoms with E-state index in [1.807, 2.05) is 31.2 Å². The average molecular weight is 372 g/mol. The van der Waals surface area contributed by atoms with Crippen molar-refractivity contribution in [3.05, 3.63) is 99.6 Å². The molecule has 0 amide bonds. The second-order valence-corrected chi connectivity index (χ2v) is 6.38. The van der Waals surface area contributed by atoms with Gasteiger partial charge >= 0.3 is 0 Å². The van der Waals surface area contributed by atoms with Crippen molar-refractivity contribution in [2.24, 2.45) is 0 Å². The highest BCUT2D eigenvalue weighted by atomic mass is 19.1. The van der Waals surface area contributed by atoms with E-state index in [1.54, 1.807) is 32.2 Å². The second kappa shape index (κ2) is 8.42. The monoisotopic (exact) mass is 372 g/mol. The van der Waals surface area contributed by atoms with Crippen molar-refractivity contribution in [1.29, 1.82) is 0 Å². The summed E-state index contributed by atoms with van der Waals surface area (Å²) >= 11 is 0. The molecule has 0 aliphatic rings. The number of hydrogen-bond acceptors (Lipinski definition) is 1. The van der Waals surface area contributed by atoms with E-state index in [2.05, 4.69) is 23.7 Å². The lowest BCUT2D eigenvalue weighted by Gasteiger charge is -2.04. The zero-order valence-electron chi connectivity index (χ0n) is 15.9. The van der Waals surface area contributed by atoms with E-state index in [9.17, 15) is 8.78 Å². The summed E-state index contributed by atoms with van der Waals surface area (Å²) in [7, 11) is 1.54. The molecule has 0 N–H and O–H groups in total. The fraction of sp³-hybridized carbons (Fsp3) is 0.120. The van der Waals surface area contributed by atoms with Crippen molar-refractivity contribution in [3.8, 4) is 29.4 Å². The predicted octanol–water partition coefficient (Wildman–Crippen LogP) is 5.39. The molecule has 3 aromatic rings. The summed E-state index contributed by atoms with van der Waals surface area (Å²) in [5.41, 5.74) is 3.64. The van der Waals surface area contributed by atoms with Gasteiger partial charge in [-0.2, -0.15) is 0 Å². The molecule has 0 saturated heterocycles. The number of ether oxygens (including phenoxy) is 1. The molecule has 0 bridgehead atoms. The first kappa shape index (κ1) is 19.2. The van der Waals surface area contributed by atoms with Crippen molar-refractivity contribution < 1.29 is 13.5 Å². The number of benzene rings is 3. The largest absolute Gasteiger partial charge is 0.495 e. The Kier molecular flexibility index (Phi) is 5.78. The van der Waals surface area contributed by atoms with Gasteiger partial charge in [0, 0.05) is 11.1 Å². The molecule has 3 rings (SSSR count). The maximum atomic E-state index is 13.9. The van der Waals surface area contributed by atoms with Crippen LogP contribution in [-0.4, -0.2) is 7.11 Å². The molecule has 28 heavy (non-hydrogen) atoms. The summed E-state index contributed by atoms with van der Waals surface area (Å²) in [5, 5.41) is 0. The summed E-state index contributed by atoms with van der Waals surface area (Å²) in [4.78, 5) is 0. The van der Waals surface area contributed by atoms with Crippen LogP contribution in [-0.2, 0) is 0 Å². The minimum absolute atomic E-state index is 0.243. The van der Waals surface area contributed by atoms with Gasteiger partial charge in [0.2, 0.25) is 0 Å². The molecule has 0 spiro atoms. The van der Waals surface area contributed by atoms with Crippen LogP contribution >= 0.6 is 0 Å². The normalized spacial score (nSPS) is 9.75. The highest BCUT2D eigenvalue weighted by Crippen LogP contribution is 2.20. The Bertz CT molecular complexity index is 1110. The van der Waals surface area contributed by atoms with Gasteiger partial charge in [-0.3, -0.25) is 0 Å². The highest BCUT2D eigenvalue weighted by molar-refractivity contribution is 5.55. The standard InChI is InChI=1S/C25H18F2O/c1-17-4-6-19(7-5-17)8-11-21-12-9-20(16-25(21)28-3)10-13-22-23(26)14-18(2)15-24(22)27/h4-7,9,12,14-16H,1-3H3. The number of hydrogen-bond donors (Lipinski definition) is 0. The third kappa shape index (κ3) is 4.58. The first-order valence-corrected chi connectivity index (χ1v) is 8.70.